The summed E-state index contributed by atoms with van der Waals surface area (Å²) < 4.78 is 0. The van der Waals surface area contributed by atoms with Crippen molar-refractivity contribution < 1.29 is 9.90 Å². The fourth-order valence-corrected chi connectivity index (χ4v) is 2.82. The molecule has 0 radical (unpaired) electrons. The van der Waals surface area contributed by atoms with Gasteiger partial charge in [-0.05, 0) is 29.8 Å². The van der Waals surface area contributed by atoms with Gasteiger partial charge in [-0.1, -0.05) is 30.3 Å². The molecule has 0 amide bonds. The van der Waals surface area contributed by atoms with E-state index < -0.39 is 5.97 Å². The maximum absolute atomic E-state index is 10.9. The van der Waals surface area contributed by atoms with Crippen LogP contribution in [0.3, 0.4) is 0 Å². The molecule has 1 heterocycles. The van der Waals surface area contributed by atoms with Crippen LogP contribution in [-0.4, -0.2) is 42.2 Å². The maximum atomic E-state index is 10.9. The van der Waals surface area contributed by atoms with Gasteiger partial charge in [0, 0.05) is 38.4 Å². The predicted molar refractivity (Wildman–Crippen MR) is 94.6 cm³/mol. The summed E-state index contributed by atoms with van der Waals surface area (Å²) in [7, 11) is 0. The molecule has 1 aliphatic heterocycles. The Morgan fingerprint density at radius 2 is 1.52 bits per heavy atom. The van der Waals surface area contributed by atoms with Gasteiger partial charge in [0.2, 0.25) is 0 Å². The van der Waals surface area contributed by atoms with E-state index >= 15 is 0 Å². The van der Waals surface area contributed by atoms with E-state index in [2.05, 4.69) is 34.1 Å². The fraction of sp³-hybridized carbons (Fsp3) is 0.278. The molecule has 0 aliphatic carbocycles. The first kappa shape index (κ1) is 17.3. The number of halogens is 1. The standard InChI is InChI=1S/C18H20N2O2.ClH/c21-18(22)16-6-8-17(9-7-16)20-12-10-19(11-13-20)14-15-4-2-1-3-5-15;/h1-9H,10-14H2,(H,21,22);1H. The Bertz CT molecular complexity index is 623. The van der Waals surface area contributed by atoms with Crippen molar-refractivity contribution >= 4 is 24.1 Å². The number of hydrogen-bond acceptors (Lipinski definition) is 3. The highest BCUT2D eigenvalue weighted by molar-refractivity contribution is 5.88. The lowest BCUT2D eigenvalue weighted by atomic mass is 10.1. The summed E-state index contributed by atoms with van der Waals surface area (Å²) in [5, 5.41) is 8.94. The van der Waals surface area contributed by atoms with Gasteiger partial charge in [-0.3, -0.25) is 4.90 Å². The lowest BCUT2D eigenvalue weighted by molar-refractivity contribution is 0.0697. The van der Waals surface area contributed by atoms with E-state index in [1.54, 1.807) is 12.1 Å². The highest BCUT2D eigenvalue weighted by Gasteiger charge is 2.17. The second-order valence-corrected chi connectivity index (χ2v) is 5.60. The number of piperazine rings is 1. The van der Waals surface area contributed by atoms with Crippen LogP contribution in [0.5, 0.6) is 0 Å². The first-order valence-electron chi connectivity index (χ1n) is 7.57. The van der Waals surface area contributed by atoms with Gasteiger partial charge in [0.25, 0.3) is 0 Å². The van der Waals surface area contributed by atoms with Crippen molar-refractivity contribution in [2.75, 3.05) is 31.1 Å². The molecule has 1 aliphatic rings. The number of rotatable bonds is 4. The van der Waals surface area contributed by atoms with Crippen molar-refractivity contribution in [1.82, 2.24) is 4.90 Å². The van der Waals surface area contributed by atoms with E-state index in [1.807, 2.05) is 18.2 Å². The van der Waals surface area contributed by atoms with E-state index in [4.69, 9.17) is 5.11 Å². The number of aromatic carboxylic acids is 1. The molecule has 1 saturated heterocycles. The minimum Gasteiger partial charge on any atom is -0.478 e. The van der Waals surface area contributed by atoms with Crippen LogP contribution in [0.1, 0.15) is 15.9 Å². The summed E-state index contributed by atoms with van der Waals surface area (Å²) in [6.45, 7) is 4.98. The average molecular weight is 333 g/mol. The molecule has 23 heavy (non-hydrogen) atoms. The average Bonchev–Trinajstić information content (AvgIpc) is 2.57. The van der Waals surface area contributed by atoms with E-state index in [-0.39, 0.29) is 12.4 Å². The number of hydrogen-bond donors (Lipinski definition) is 1. The smallest absolute Gasteiger partial charge is 0.335 e. The summed E-state index contributed by atoms with van der Waals surface area (Å²) in [6.07, 6.45) is 0. The van der Waals surface area contributed by atoms with Gasteiger partial charge in [-0.25, -0.2) is 4.79 Å². The summed E-state index contributed by atoms with van der Waals surface area (Å²) in [6, 6.07) is 17.7. The van der Waals surface area contributed by atoms with Crippen LogP contribution < -0.4 is 4.90 Å². The van der Waals surface area contributed by atoms with Crippen LogP contribution in [0.25, 0.3) is 0 Å². The lowest BCUT2D eigenvalue weighted by Crippen LogP contribution is -2.45. The molecule has 2 aromatic carbocycles. The molecule has 0 saturated carbocycles. The van der Waals surface area contributed by atoms with Crippen LogP contribution in [0.2, 0.25) is 0 Å². The second-order valence-electron chi connectivity index (χ2n) is 5.60. The van der Waals surface area contributed by atoms with Gasteiger partial charge in [0.1, 0.15) is 0 Å². The van der Waals surface area contributed by atoms with Crippen LogP contribution in [-0.2, 0) is 6.54 Å². The first-order chi connectivity index (χ1) is 10.7. The van der Waals surface area contributed by atoms with Gasteiger partial charge < -0.3 is 10.0 Å². The van der Waals surface area contributed by atoms with Crippen LogP contribution in [0.4, 0.5) is 5.69 Å². The van der Waals surface area contributed by atoms with E-state index in [1.165, 1.54) is 5.56 Å². The van der Waals surface area contributed by atoms with Crippen molar-refractivity contribution in [3.8, 4) is 0 Å². The first-order valence-corrected chi connectivity index (χ1v) is 7.57. The number of nitrogens with zero attached hydrogens (tertiary/aromatic N) is 2. The second kappa shape index (κ2) is 7.99. The SMILES string of the molecule is Cl.O=C(O)c1ccc(N2CCN(Cc3ccccc3)CC2)cc1. The Morgan fingerprint density at radius 3 is 2.09 bits per heavy atom. The predicted octanol–water partition coefficient (Wildman–Crippen LogP) is 3.13. The highest BCUT2D eigenvalue weighted by atomic mass is 35.5. The normalized spacial score (nSPS) is 15.0. The molecule has 4 nitrogen and oxygen atoms in total. The zero-order chi connectivity index (χ0) is 15.4. The molecule has 1 N–H and O–H groups in total. The molecule has 1 fully saturated rings. The van der Waals surface area contributed by atoms with Crippen molar-refractivity contribution in [2.24, 2.45) is 0 Å². The maximum Gasteiger partial charge on any atom is 0.335 e. The van der Waals surface area contributed by atoms with Crippen LogP contribution >= 0.6 is 12.4 Å². The Morgan fingerprint density at radius 1 is 0.913 bits per heavy atom. The van der Waals surface area contributed by atoms with E-state index in [0.717, 1.165) is 38.4 Å². The highest BCUT2D eigenvalue weighted by Crippen LogP contribution is 2.18. The number of carbonyl (C=O) groups is 1. The fourth-order valence-electron chi connectivity index (χ4n) is 2.82. The number of carboxylic acids is 1. The Balaban J connectivity index is 0.00000192. The molecule has 0 bridgehead atoms. The van der Waals surface area contributed by atoms with Gasteiger partial charge in [-0.15, -0.1) is 12.4 Å². The molecule has 3 rings (SSSR count). The van der Waals surface area contributed by atoms with Crippen molar-refractivity contribution in [2.45, 2.75) is 6.54 Å². The summed E-state index contributed by atoms with van der Waals surface area (Å²) in [5.74, 6) is -0.876. The summed E-state index contributed by atoms with van der Waals surface area (Å²) in [4.78, 5) is 15.7. The van der Waals surface area contributed by atoms with E-state index in [9.17, 15) is 4.79 Å². The Kier molecular flexibility index (Phi) is 6.02. The molecule has 0 aromatic heterocycles. The zero-order valence-electron chi connectivity index (χ0n) is 12.9. The molecule has 0 atom stereocenters. The summed E-state index contributed by atoms with van der Waals surface area (Å²) >= 11 is 0. The van der Waals surface area contributed by atoms with Crippen molar-refractivity contribution in [1.29, 1.82) is 0 Å². The van der Waals surface area contributed by atoms with Crippen molar-refractivity contribution in [3.05, 3.63) is 65.7 Å². The van der Waals surface area contributed by atoms with Crippen LogP contribution in [0.15, 0.2) is 54.6 Å². The Labute approximate surface area is 142 Å². The third-order valence-corrected chi connectivity index (χ3v) is 4.10. The minimum atomic E-state index is -0.876. The van der Waals surface area contributed by atoms with Gasteiger partial charge >= 0.3 is 5.97 Å². The van der Waals surface area contributed by atoms with E-state index in [0.29, 0.717) is 5.56 Å². The molecule has 0 unspecified atom stereocenters. The van der Waals surface area contributed by atoms with Crippen LogP contribution in [0, 0.1) is 0 Å². The topological polar surface area (TPSA) is 43.8 Å². The quantitative estimate of drug-likeness (QED) is 0.934. The van der Waals surface area contributed by atoms with Crippen molar-refractivity contribution in [3.63, 3.8) is 0 Å². The monoisotopic (exact) mass is 332 g/mol. The molecule has 2 aromatic rings. The molecule has 0 spiro atoms. The third-order valence-electron chi connectivity index (χ3n) is 4.10. The van der Waals surface area contributed by atoms with Gasteiger partial charge in [0.05, 0.1) is 5.56 Å². The molecule has 5 heteroatoms. The molecule has 122 valence electrons. The molecular formula is C18H21ClN2O2. The number of carboxylic acid groups (broad SMARTS) is 1. The van der Waals surface area contributed by atoms with Gasteiger partial charge in [0.15, 0.2) is 0 Å². The Hall–Kier alpha value is -2.04. The van der Waals surface area contributed by atoms with Gasteiger partial charge in [-0.2, -0.15) is 0 Å². The summed E-state index contributed by atoms with van der Waals surface area (Å²) in [5.41, 5.74) is 2.79. The molecular weight excluding hydrogens is 312 g/mol. The number of benzene rings is 2. The lowest BCUT2D eigenvalue weighted by Gasteiger charge is -2.36. The number of anilines is 1. The largest absolute Gasteiger partial charge is 0.478 e. The minimum absolute atomic E-state index is 0. The third kappa shape index (κ3) is 4.47. The zero-order valence-corrected chi connectivity index (χ0v) is 13.7.